The molecule has 1 aliphatic heterocycles. The van der Waals surface area contributed by atoms with Gasteiger partial charge in [0, 0.05) is 29.4 Å². The van der Waals surface area contributed by atoms with Gasteiger partial charge in [-0.15, -0.1) is 11.6 Å². The Labute approximate surface area is 201 Å². The van der Waals surface area contributed by atoms with Crippen LogP contribution >= 0.6 is 11.6 Å². The molecule has 2 aromatic carbocycles. The van der Waals surface area contributed by atoms with Crippen molar-refractivity contribution in [3.05, 3.63) is 64.9 Å². The molecule has 6 nitrogen and oxygen atoms in total. The molecule has 0 aliphatic carbocycles. The van der Waals surface area contributed by atoms with Crippen LogP contribution in [0.3, 0.4) is 0 Å². The van der Waals surface area contributed by atoms with E-state index in [9.17, 15) is 18.4 Å². The lowest BCUT2D eigenvalue weighted by Gasteiger charge is -2.36. The van der Waals surface area contributed by atoms with E-state index in [0.29, 0.717) is 36.3 Å². The number of rotatable bonds is 7. The predicted molar refractivity (Wildman–Crippen MR) is 127 cm³/mol. The fourth-order valence-corrected chi connectivity index (χ4v) is 4.58. The smallest absolute Gasteiger partial charge is 0.411 e. The van der Waals surface area contributed by atoms with Crippen LogP contribution in [0.2, 0.25) is 0 Å². The molecule has 4 rings (SSSR count). The highest BCUT2D eigenvalue weighted by molar-refractivity contribution is 6.27. The van der Waals surface area contributed by atoms with E-state index in [4.69, 9.17) is 16.3 Å². The number of nitrogens with one attached hydrogen (secondary N) is 2. The van der Waals surface area contributed by atoms with Crippen molar-refractivity contribution in [1.82, 2.24) is 9.88 Å². The summed E-state index contributed by atoms with van der Waals surface area (Å²) < 4.78 is 33.5. The van der Waals surface area contributed by atoms with Gasteiger partial charge >= 0.3 is 6.09 Å². The number of aromatic amines is 1. The highest BCUT2D eigenvalue weighted by atomic mass is 35.5. The van der Waals surface area contributed by atoms with Gasteiger partial charge in [0.2, 0.25) is 5.91 Å². The number of carbonyl (C=O) groups excluding carboxylic acids is 2. The summed E-state index contributed by atoms with van der Waals surface area (Å²) in [5.41, 5.74) is 2.89. The summed E-state index contributed by atoms with van der Waals surface area (Å²) in [5.74, 6) is -1.80. The molecule has 180 valence electrons. The van der Waals surface area contributed by atoms with Gasteiger partial charge in [0.15, 0.2) is 0 Å². The molecule has 9 heteroatoms. The first-order valence-corrected chi connectivity index (χ1v) is 11.8. The number of halogens is 3. The molecule has 2 heterocycles. The molecular weight excluding hydrogens is 464 g/mol. The van der Waals surface area contributed by atoms with Crippen LogP contribution in [0, 0.1) is 11.6 Å². The fraction of sp³-hybridized carbons (Fsp3) is 0.360. The molecular formula is C25H26ClF2N3O3. The number of unbranched alkanes of at least 4 members (excludes halogenated alkanes) is 2. The summed E-state index contributed by atoms with van der Waals surface area (Å²) in [6.07, 6.45) is 2.76. The number of fused-ring (bicyclic) bond motifs is 3. The van der Waals surface area contributed by atoms with Crippen LogP contribution in [0.1, 0.15) is 49.0 Å². The highest BCUT2D eigenvalue weighted by Gasteiger charge is 2.34. The Bertz CT molecular complexity index is 1200. The maximum Gasteiger partial charge on any atom is 0.411 e. The van der Waals surface area contributed by atoms with Gasteiger partial charge in [-0.3, -0.25) is 10.1 Å². The third-order valence-corrected chi connectivity index (χ3v) is 6.27. The number of nitrogens with zero attached hydrogens (tertiary/aromatic N) is 1. The summed E-state index contributed by atoms with van der Waals surface area (Å²) in [6, 6.07) is 8.57. The molecule has 0 bridgehead atoms. The third-order valence-electron chi connectivity index (χ3n) is 6.04. The molecule has 1 aliphatic rings. The lowest BCUT2D eigenvalue weighted by atomic mass is 9.92. The number of hydrogen-bond donors (Lipinski definition) is 2. The molecule has 0 saturated heterocycles. The third kappa shape index (κ3) is 4.87. The van der Waals surface area contributed by atoms with Crippen molar-refractivity contribution in [2.45, 2.75) is 38.6 Å². The van der Waals surface area contributed by atoms with Crippen molar-refractivity contribution in [3.63, 3.8) is 0 Å². The summed E-state index contributed by atoms with van der Waals surface area (Å²) in [5, 5.41) is 3.16. The van der Waals surface area contributed by atoms with Crippen LogP contribution < -0.4 is 5.32 Å². The Morgan fingerprint density at radius 2 is 1.97 bits per heavy atom. The van der Waals surface area contributed by atoms with Crippen molar-refractivity contribution in [2.24, 2.45) is 0 Å². The van der Waals surface area contributed by atoms with Crippen molar-refractivity contribution in [1.29, 1.82) is 0 Å². The van der Waals surface area contributed by atoms with Crippen molar-refractivity contribution >= 4 is 40.2 Å². The van der Waals surface area contributed by atoms with Crippen molar-refractivity contribution < 1.29 is 23.1 Å². The second kappa shape index (κ2) is 10.4. The highest BCUT2D eigenvalue weighted by Crippen LogP contribution is 2.39. The Morgan fingerprint density at radius 1 is 1.21 bits per heavy atom. The quantitative estimate of drug-likeness (QED) is 0.320. The van der Waals surface area contributed by atoms with E-state index in [0.717, 1.165) is 36.5 Å². The van der Waals surface area contributed by atoms with Gasteiger partial charge in [0.1, 0.15) is 17.5 Å². The van der Waals surface area contributed by atoms with Gasteiger partial charge in [-0.1, -0.05) is 31.9 Å². The number of H-pyrrole nitrogens is 1. The summed E-state index contributed by atoms with van der Waals surface area (Å²) in [6.45, 7) is 2.79. The lowest BCUT2D eigenvalue weighted by Crippen LogP contribution is -2.41. The average Bonchev–Trinajstić information content (AvgIpc) is 3.20. The molecule has 0 saturated carbocycles. The Balaban J connectivity index is 1.63. The maximum absolute atomic E-state index is 14.5. The average molecular weight is 490 g/mol. The van der Waals surface area contributed by atoms with Crippen LogP contribution in [-0.2, 0) is 16.0 Å². The number of aromatic nitrogens is 1. The second-order valence-corrected chi connectivity index (χ2v) is 8.56. The van der Waals surface area contributed by atoms with E-state index in [1.165, 1.54) is 6.07 Å². The van der Waals surface area contributed by atoms with Gasteiger partial charge in [-0.05, 0) is 42.2 Å². The van der Waals surface area contributed by atoms with Gasteiger partial charge in [0.25, 0.3) is 0 Å². The SMILES string of the molecule is CCCCCOC(=O)Nc1ccc(C2c3[nH]c4c(F)cc(F)cc4c3CCN2C(=O)CCl)cc1. The van der Waals surface area contributed by atoms with Crippen LogP contribution in [-0.4, -0.2) is 40.9 Å². The normalized spacial score (nSPS) is 15.3. The topological polar surface area (TPSA) is 74.4 Å². The monoisotopic (exact) mass is 489 g/mol. The minimum absolute atomic E-state index is 0.196. The molecule has 1 aromatic heterocycles. The fourth-order valence-electron chi connectivity index (χ4n) is 4.43. The molecule has 0 fully saturated rings. The van der Waals surface area contributed by atoms with E-state index < -0.39 is 23.8 Å². The minimum atomic E-state index is -0.685. The summed E-state index contributed by atoms with van der Waals surface area (Å²) >= 11 is 5.86. The first-order valence-electron chi connectivity index (χ1n) is 11.3. The molecule has 1 atom stereocenters. The molecule has 0 spiro atoms. The van der Waals surface area contributed by atoms with E-state index >= 15 is 0 Å². The van der Waals surface area contributed by atoms with Crippen LogP contribution in [0.5, 0.6) is 0 Å². The molecule has 2 N–H and O–H groups in total. The van der Waals surface area contributed by atoms with Gasteiger partial charge in [0.05, 0.1) is 18.2 Å². The van der Waals surface area contributed by atoms with E-state index in [1.54, 1.807) is 29.2 Å². The van der Waals surface area contributed by atoms with Gasteiger partial charge in [-0.2, -0.15) is 0 Å². The zero-order valence-electron chi connectivity index (χ0n) is 18.8. The molecule has 0 radical (unpaired) electrons. The lowest BCUT2D eigenvalue weighted by molar-refractivity contribution is -0.130. The predicted octanol–water partition coefficient (Wildman–Crippen LogP) is 5.90. The second-order valence-electron chi connectivity index (χ2n) is 8.29. The first kappa shape index (κ1) is 24.0. The van der Waals surface area contributed by atoms with E-state index in [2.05, 4.69) is 17.2 Å². The number of benzene rings is 2. The van der Waals surface area contributed by atoms with Crippen molar-refractivity contribution in [2.75, 3.05) is 24.3 Å². The van der Waals surface area contributed by atoms with E-state index in [-0.39, 0.29) is 17.3 Å². The molecule has 34 heavy (non-hydrogen) atoms. The molecule has 3 aromatic rings. The zero-order chi connectivity index (χ0) is 24.2. The first-order chi connectivity index (χ1) is 16.4. The van der Waals surface area contributed by atoms with Gasteiger partial charge < -0.3 is 14.6 Å². The molecule has 1 unspecified atom stereocenters. The van der Waals surface area contributed by atoms with Crippen LogP contribution in [0.4, 0.5) is 19.3 Å². The Morgan fingerprint density at radius 3 is 2.68 bits per heavy atom. The zero-order valence-corrected chi connectivity index (χ0v) is 19.6. The standard InChI is InChI=1S/C25H26ClF2N3O3/c1-2-3-4-11-34-25(33)29-17-7-5-15(6-8-17)24-23-18(9-10-31(24)21(32)14-26)19-12-16(27)13-20(28)22(19)30-23/h5-8,12-13,24,30H,2-4,9-11,14H2,1H3,(H,29,33). The summed E-state index contributed by atoms with van der Waals surface area (Å²) in [4.78, 5) is 29.3. The summed E-state index contributed by atoms with van der Waals surface area (Å²) in [7, 11) is 0. The number of carbonyl (C=O) groups is 2. The van der Waals surface area contributed by atoms with Gasteiger partial charge in [-0.25, -0.2) is 13.6 Å². The number of anilines is 1. The van der Waals surface area contributed by atoms with Crippen molar-refractivity contribution in [3.8, 4) is 0 Å². The minimum Gasteiger partial charge on any atom is -0.449 e. The molecule has 2 amide bonds. The number of hydrogen-bond acceptors (Lipinski definition) is 3. The van der Waals surface area contributed by atoms with E-state index in [1.807, 2.05) is 0 Å². The Kier molecular flexibility index (Phi) is 7.36. The number of alkyl halides is 1. The maximum atomic E-state index is 14.5. The largest absolute Gasteiger partial charge is 0.449 e. The van der Waals surface area contributed by atoms with Crippen LogP contribution in [0.25, 0.3) is 10.9 Å². The number of amides is 2. The number of ether oxygens (including phenoxy) is 1. The Hall–Kier alpha value is -3.13. The van der Waals surface area contributed by atoms with Crippen LogP contribution in [0.15, 0.2) is 36.4 Å².